The number of aromatic hydroxyl groups is 1. The zero-order valence-corrected chi connectivity index (χ0v) is 15.4. The van der Waals surface area contributed by atoms with Gasteiger partial charge in [0.1, 0.15) is 23.5 Å². The van der Waals surface area contributed by atoms with Gasteiger partial charge < -0.3 is 15.2 Å². The van der Waals surface area contributed by atoms with E-state index >= 15 is 0 Å². The van der Waals surface area contributed by atoms with Crippen molar-refractivity contribution in [2.75, 3.05) is 7.11 Å². The van der Waals surface area contributed by atoms with Crippen molar-refractivity contribution in [3.05, 3.63) is 101 Å². The molecule has 3 N–H and O–H groups in total. The van der Waals surface area contributed by atoms with Crippen LogP contribution in [0.3, 0.4) is 0 Å². The Bertz CT molecular complexity index is 1000. The van der Waals surface area contributed by atoms with Gasteiger partial charge in [0.05, 0.1) is 13.2 Å². The standard InChI is InChI=1S/C23H21FN2O2/c1-28-18-6-4-5-16(13-18)20-14-21(19-7-2-3-8-22(19)27)26-23(25-20)15-9-11-17(24)12-10-15/h2-14,21,23,25-27H,1H3. The molecule has 0 fully saturated rings. The van der Waals surface area contributed by atoms with Crippen LogP contribution in [0.25, 0.3) is 5.70 Å². The van der Waals surface area contributed by atoms with Crippen LogP contribution in [0.2, 0.25) is 0 Å². The van der Waals surface area contributed by atoms with Crippen molar-refractivity contribution < 1.29 is 14.2 Å². The number of ether oxygens (including phenoxy) is 1. The Kier molecular flexibility index (Phi) is 5.00. The first-order valence-corrected chi connectivity index (χ1v) is 9.06. The smallest absolute Gasteiger partial charge is 0.123 e. The highest BCUT2D eigenvalue weighted by Crippen LogP contribution is 2.33. The fourth-order valence-electron chi connectivity index (χ4n) is 3.37. The molecule has 1 heterocycles. The lowest BCUT2D eigenvalue weighted by molar-refractivity contribution is 0.412. The third-order valence-corrected chi connectivity index (χ3v) is 4.84. The van der Waals surface area contributed by atoms with E-state index in [0.29, 0.717) is 0 Å². The summed E-state index contributed by atoms with van der Waals surface area (Å²) in [6.45, 7) is 0. The van der Waals surface area contributed by atoms with Crippen LogP contribution in [0, 0.1) is 5.82 Å². The largest absolute Gasteiger partial charge is 0.508 e. The molecule has 142 valence electrons. The highest BCUT2D eigenvalue weighted by atomic mass is 19.1. The Labute approximate surface area is 163 Å². The maximum absolute atomic E-state index is 13.4. The van der Waals surface area contributed by atoms with Gasteiger partial charge in [0, 0.05) is 16.8 Å². The van der Waals surface area contributed by atoms with E-state index < -0.39 is 0 Å². The quantitative estimate of drug-likeness (QED) is 0.627. The second-order valence-corrected chi connectivity index (χ2v) is 6.64. The SMILES string of the molecule is COc1cccc(C2=CC(c3ccccc3O)NC(c3ccc(F)cc3)N2)c1. The first-order chi connectivity index (χ1) is 13.6. The molecule has 0 bridgehead atoms. The van der Waals surface area contributed by atoms with Crippen molar-refractivity contribution in [3.63, 3.8) is 0 Å². The minimum atomic E-state index is -0.277. The topological polar surface area (TPSA) is 53.5 Å². The van der Waals surface area contributed by atoms with Crippen LogP contribution < -0.4 is 15.4 Å². The van der Waals surface area contributed by atoms with Gasteiger partial charge in [0.25, 0.3) is 0 Å². The molecule has 1 aliphatic heterocycles. The first kappa shape index (κ1) is 18.1. The summed E-state index contributed by atoms with van der Waals surface area (Å²) in [7, 11) is 1.63. The molecular weight excluding hydrogens is 355 g/mol. The fourth-order valence-corrected chi connectivity index (χ4v) is 3.37. The highest BCUT2D eigenvalue weighted by Gasteiger charge is 2.25. The Morgan fingerprint density at radius 3 is 2.50 bits per heavy atom. The Hall–Kier alpha value is -3.31. The van der Waals surface area contributed by atoms with Crippen LogP contribution in [0.4, 0.5) is 4.39 Å². The van der Waals surface area contributed by atoms with Crippen LogP contribution in [0.1, 0.15) is 28.9 Å². The summed E-state index contributed by atoms with van der Waals surface area (Å²) in [5.41, 5.74) is 3.54. The summed E-state index contributed by atoms with van der Waals surface area (Å²) < 4.78 is 18.7. The van der Waals surface area contributed by atoms with E-state index in [1.807, 2.05) is 42.5 Å². The number of halogens is 1. The zero-order chi connectivity index (χ0) is 19.5. The average molecular weight is 376 g/mol. The number of methoxy groups -OCH3 is 1. The van der Waals surface area contributed by atoms with Gasteiger partial charge in [0.15, 0.2) is 0 Å². The molecule has 2 unspecified atom stereocenters. The molecule has 0 aliphatic carbocycles. The number of para-hydroxylation sites is 1. The molecule has 5 heteroatoms. The molecule has 0 radical (unpaired) electrons. The Morgan fingerprint density at radius 2 is 1.75 bits per heavy atom. The summed E-state index contributed by atoms with van der Waals surface area (Å²) in [5.74, 6) is 0.706. The Morgan fingerprint density at radius 1 is 0.964 bits per heavy atom. The molecule has 4 nitrogen and oxygen atoms in total. The lowest BCUT2D eigenvalue weighted by atomic mass is 9.98. The van der Waals surface area contributed by atoms with E-state index in [1.165, 1.54) is 12.1 Å². The second-order valence-electron chi connectivity index (χ2n) is 6.64. The lowest BCUT2D eigenvalue weighted by Gasteiger charge is -2.33. The predicted molar refractivity (Wildman–Crippen MR) is 107 cm³/mol. The molecule has 1 aliphatic rings. The van der Waals surface area contributed by atoms with Gasteiger partial charge in [-0.05, 0) is 42.0 Å². The second kappa shape index (κ2) is 7.74. The number of phenols is 1. The monoisotopic (exact) mass is 376 g/mol. The fraction of sp³-hybridized carbons (Fsp3) is 0.130. The number of nitrogens with one attached hydrogen (secondary N) is 2. The number of benzene rings is 3. The van der Waals surface area contributed by atoms with Crippen molar-refractivity contribution in [1.82, 2.24) is 10.6 Å². The van der Waals surface area contributed by atoms with Crippen LogP contribution in [0.5, 0.6) is 11.5 Å². The highest BCUT2D eigenvalue weighted by molar-refractivity contribution is 5.68. The number of rotatable bonds is 4. The van der Waals surface area contributed by atoms with Crippen LogP contribution >= 0.6 is 0 Å². The van der Waals surface area contributed by atoms with Crippen molar-refractivity contribution in [3.8, 4) is 11.5 Å². The molecule has 28 heavy (non-hydrogen) atoms. The summed E-state index contributed by atoms with van der Waals surface area (Å²) >= 11 is 0. The maximum Gasteiger partial charge on any atom is 0.123 e. The first-order valence-electron chi connectivity index (χ1n) is 9.06. The average Bonchev–Trinajstić information content (AvgIpc) is 2.74. The van der Waals surface area contributed by atoms with Gasteiger partial charge >= 0.3 is 0 Å². The lowest BCUT2D eigenvalue weighted by Crippen LogP contribution is -2.39. The normalized spacial score (nSPS) is 18.9. The van der Waals surface area contributed by atoms with Gasteiger partial charge in [-0.1, -0.05) is 42.5 Å². The molecule has 0 amide bonds. The maximum atomic E-state index is 13.4. The number of hydrogen-bond donors (Lipinski definition) is 3. The van der Waals surface area contributed by atoms with Crippen molar-refractivity contribution in [2.45, 2.75) is 12.2 Å². The van der Waals surface area contributed by atoms with E-state index in [1.54, 1.807) is 31.4 Å². The van der Waals surface area contributed by atoms with Crippen molar-refractivity contribution >= 4 is 5.70 Å². The van der Waals surface area contributed by atoms with E-state index in [2.05, 4.69) is 10.6 Å². The molecule has 4 rings (SSSR count). The van der Waals surface area contributed by atoms with Crippen LogP contribution in [-0.2, 0) is 0 Å². The van der Waals surface area contributed by atoms with Gasteiger partial charge in [-0.15, -0.1) is 0 Å². The molecule has 3 aromatic rings. The molecule has 3 aromatic carbocycles. The van der Waals surface area contributed by atoms with Gasteiger partial charge in [-0.2, -0.15) is 0 Å². The van der Waals surface area contributed by atoms with Gasteiger partial charge in [-0.3, -0.25) is 5.32 Å². The summed E-state index contributed by atoms with van der Waals surface area (Å²) in [6.07, 6.45) is 1.78. The summed E-state index contributed by atoms with van der Waals surface area (Å²) in [6, 6.07) is 21.2. The summed E-state index contributed by atoms with van der Waals surface area (Å²) in [5, 5.41) is 17.3. The Balaban J connectivity index is 1.76. The van der Waals surface area contributed by atoms with Crippen molar-refractivity contribution in [1.29, 1.82) is 0 Å². The predicted octanol–water partition coefficient (Wildman–Crippen LogP) is 4.51. The molecule has 0 saturated heterocycles. The molecular formula is C23H21FN2O2. The van der Waals surface area contributed by atoms with Crippen molar-refractivity contribution in [2.24, 2.45) is 0 Å². The minimum Gasteiger partial charge on any atom is -0.508 e. The minimum absolute atomic E-state index is 0.223. The number of hydrogen-bond acceptors (Lipinski definition) is 4. The van der Waals surface area contributed by atoms with Gasteiger partial charge in [-0.25, -0.2) is 4.39 Å². The van der Waals surface area contributed by atoms with E-state index in [-0.39, 0.29) is 23.8 Å². The van der Waals surface area contributed by atoms with E-state index in [0.717, 1.165) is 28.1 Å². The number of phenolic OH excluding ortho intramolecular Hbond substituents is 1. The molecule has 0 spiro atoms. The third kappa shape index (κ3) is 3.70. The molecule has 0 aromatic heterocycles. The van der Waals surface area contributed by atoms with Crippen LogP contribution in [0.15, 0.2) is 78.9 Å². The van der Waals surface area contributed by atoms with E-state index in [9.17, 15) is 9.50 Å². The van der Waals surface area contributed by atoms with Crippen LogP contribution in [-0.4, -0.2) is 12.2 Å². The zero-order valence-electron chi connectivity index (χ0n) is 15.4. The molecule has 0 saturated carbocycles. The summed E-state index contributed by atoms with van der Waals surface area (Å²) in [4.78, 5) is 0. The molecule has 2 atom stereocenters. The van der Waals surface area contributed by atoms with Gasteiger partial charge in [0.2, 0.25) is 0 Å². The van der Waals surface area contributed by atoms with E-state index in [4.69, 9.17) is 4.74 Å². The third-order valence-electron chi connectivity index (χ3n) is 4.84.